The first-order chi connectivity index (χ1) is 7.76. The van der Waals surface area contributed by atoms with E-state index in [1.807, 2.05) is 11.8 Å². The molecule has 0 radical (unpaired) electrons. The lowest BCUT2D eigenvalue weighted by Gasteiger charge is -2.11. The lowest BCUT2D eigenvalue weighted by Crippen LogP contribution is -2.25. The number of furan rings is 1. The van der Waals surface area contributed by atoms with Crippen molar-refractivity contribution >= 4 is 11.8 Å². The minimum absolute atomic E-state index is 0.564. The maximum Gasteiger partial charge on any atom is 0.117 e. The molecule has 1 N–H and O–H groups in total. The third kappa shape index (κ3) is 5.08. The van der Waals surface area contributed by atoms with Crippen LogP contribution in [0.5, 0.6) is 0 Å². The third-order valence-electron chi connectivity index (χ3n) is 2.59. The van der Waals surface area contributed by atoms with Crippen LogP contribution in [0.4, 0.5) is 0 Å². The van der Waals surface area contributed by atoms with E-state index in [-0.39, 0.29) is 0 Å². The molecule has 1 aromatic rings. The molecule has 0 aromatic carbocycles. The first-order valence-corrected chi connectivity index (χ1v) is 7.30. The van der Waals surface area contributed by atoms with E-state index >= 15 is 0 Å². The molecule has 3 heteroatoms. The molecule has 92 valence electrons. The largest absolute Gasteiger partial charge is 0.465 e. The van der Waals surface area contributed by atoms with Crippen LogP contribution in [0.15, 0.2) is 16.5 Å². The summed E-state index contributed by atoms with van der Waals surface area (Å²) in [5, 5.41) is 3.49. The van der Waals surface area contributed by atoms with Crippen molar-refractivity contribution in [1.82, 2.24) is 5.32 Å². The van der Waals surface area contributed by atoms with Gasteiger partial charge in [-0.3, -0.25) is 0 Å². The normalized spacial score (nSPS) is 12.9. The molecule has 1 rings (SSSR count). The van der Waals surface area contributed by atoms with Crippen molar-refractivity contribution in [2.45, 2.75) is 46.2 Å². The van der Waals surface area contributed by atoms with Gasteiger partial charge in [-0.05, 0) is 37.0 Å². The molecule has 0 aliphatic carbocycles. The van der Waals surface area contributed by atoms with E-state index in [1.165, 1.54) is 17.9 Å². The Hall–Kier alpha value is -0.410. The average molecular weight is 241 g/mol. The Morgan fingerprint density at radius 1 is 1.31 bits per heavy atom. The molecule has 0 fully saturated rings. The predicted molar refractivity (Wildman–Crippen MR) is 72.0 cm³/mol. The molecule has 0 saturated heterocycles. The summed E-state index contributed by atoms with van der Waals surface area (Å²) < 4.78 is 5.64. The average Bonchev–Trinajstić information content (AvgIpc) is 2.74. The lowest BCUT2D eigenvalue weighted by molar-refractivity contribution is 0.429. The smallest absolute Gasteiger partial charge is 0.117 e. The topological polar surface area (TPSA) is 25.2 Å². The van der Waals surface area contributed by atoms with Gasteiger partial charge in [0.1, 0.15) is 11.5 Å². The van der Waals surface area contributed by atoms with Crippen molar-refractivity contribution in [3.8, 4) is 0 Å². The minimum Gasteiger partial charge on any atom is -0.465 e. The Bertz CT molecular complexity index is 285. The number of hydrogen-bond donors (Lipinski definition) is 1. The van der Waals surface area contributed by atoms with Crippen LogP contribution in [-0.2, 0) is 13.0 Å². The Morgan fingerprint density at radius 2 is 2.06 bits per heavy atom. The molecule has 0 aliphatic heterocycles. The molecule has 0 spiro atoms. The highest BCUT2D eigenvalue weighted by molar-refractivity contribution is 7.99. The highest BCUT2D eigenvalue weighted by atomic mass is 32.2. The second-order valence-corrected chi connectivity index (χ2v) is 5.38. The van der Waals surface area contributed by atoms with E-state index < -0.39 is 0 Å². The van der Waals surface area contributed by atoms with Crippen molar-refractivity contribution < 1.29 is 4.42 Å². The fourth-order valence-corrected chi connectivity index (χ4v) is 2.30. The quantitative estimate of drug-likeness (QED) is 0.706. The van der Waals surface area contributed by atoms with Gasteiger partial charge in [-0.2, -0.15) is 11.8 Å². The number of hydrogen-bond acceptors (Lipinski definition) is 3. The second kappa shape index (κ2) is 7.80. The van der Waals surface area contributed by atoms with Gasteiger partial charge in [-0.25, -0.2) is 0 Å². The first-order valence-electron chi connectivity index (χ1n) is 6.15. The minimum atomic E-state index is 0.564. The maximum atomic E-state index is 5.64. The Morgan fingerprint density at radius 3 is 2.69 bits per heavy atom. The molecule has 1 heterocycles. The number of aryl methyl sites for hydroxylation is 1. The molecular formula is C13H23NOS. The molecule has 1 atom stereocenters. The third-order valence-corrected chi connectivity index (χ3v) is 3.52. The van der Waals surface area contributed by atoms with Gasteiger partial charge in [0, 0.05) is 12.5 Å². The van der Waals surface area contributed by atoms with Crippen LogP contribution >= 0.6 is 11.8 Å². The van der Waals surface area contributed by atoms with E-state index in [2.05, 4.69) is 38.2 Å². The Balaban J connectivity index is 2.18. The molecule has 2 nitrogen and oxygen atoms in total. The fraction of sp³-hybridized carbons (Fsp3) is 0.692. The van der Waals surface area contributed by atoms with Crippen LogP contribution in [0.25, 0.3) is 0 Å². The fourth-order valence-electron chi connectivity index (χ4n) is 1.49. The highest BCUT2D eigenvalue weighted by Crippen LogP contribution is 2.09. The van der Waals surface area contributed by atoms with Crippen LogP contribution in [0.2, 0.25) is 0 Å². The standard InChI is InChI=1S/C13H23NOS/c1-4-12-6-7-13(15-12)10-14-11(3)8-9-16-5-2/h6-7,11,14H,4-5,8-10H2,1-3H3. The second-order valence-electron chi connectivity index (χ2n) is 3.99. The highest BCUT2D eigenvalue weighted by Gasteiger charge is 2.04. The van der Waals surface area contributed by atoms with Gasteiger partial charge in [0.15, 0.2) is 0 Å². The summed E-state index contributed by atoms with van der Waals surface area (Å²) in [4.78, 5) is 0. The number of rotatable bonds is 8. The summed E-state index contributed by atoms with van der Waals surface area (Å²) in [5.74, 6) is 4.58. The van der Waals surface area contributed by atoms with Crippen molar-refractivity contribution in [2.75, 3.05) is 11.5 Å². The summed E-state index contributed by atoms with van der Waals surface area (Å²) in [6.45, 7) is 7.40. The monoisotopic (exact) mass is 241 g/mol. The van der Waals surface area contributed by atoms with Gasteiger partial charge < -0.3 is 9.73 Å². The van der Waals surface area contributed by atoms with Gasteiger partial charge in [0.05, 0.1) is 6.54 Å². The van der Waals surface area contributed by atoms with Gasteiger partial charge in [-0.15, -0.1) is 0 Å². The molecule has 0 bridgehead atoms. The van der Waals surface area contributed by atoms with Crippen LogP contribution in [0.3, 0.4) is 0 Å². The number of thioether (sulfide) groups is 1. The van der Waals surface area contributed by atoms with Gasteiger partial charge in [-0.1, -0.05) is 13.8 Å². The van der Waals surface area contributed by atoms with E-state index in [0.29, 0.717) is 6.04 Å². The summed E-state index contributed by atoms with van der Waals surface area (Å²) in [6, 6.07) is 4.70. The van der Waals surface area contributed by atoms with E-state index in [0.717, 1.165) is 24.5 Å². The van der Waals surface area contributed by atoms with Gasteiger partial charge in [0.2, 0.25) is 0 Å². The molecule has 1 aromatic heterocycles. The number of nitrogens with one attached hydrogen (secondary N) is 1. The SMILES string of the molecule is CCSCCC(C)NCc1ccc(CC)o1. The molecule has 16 heavy (non-hydrogen) atoms. The van der Waals surface area contributed by atoms with Gasteiger partial charge >= 0.3 is 0 Å². The summed E-state index contributed by atoms with van der Waals surface area (Å²) in [6.07, 6.45) is 2.20. The summed E-state index contributed by atoms with van der Waals surface area (Å²) in [7, 11) is 0. The maximum absolute atomic E-state index is 5.64. The molecule has 0 amide bonds. The van der Waals surface area contributed by atoms with Crippen LogP contribution in [-0.4, -0.2) is 17.5 Å². The molecule has 1 unspecified atom stereocenters. The van der Waals surface area contributed by atoms with Crippen molar-refractivity contribution in [3.05, 3.63) is 23.7 Å². The first kappa shape index (κ1) is 13.7. The van der Waals surface area contributed by atoms with Gasteiger partial charge in [0.25, 0.3) is 0 Å². The van der Waals surface area contributed by atoms with E-state index in [4.69, 9.17) is 4.42 Å². The van der Waals surface area contributed by atoms with E-state index in [1.54, 1.807) is 0 Å². The van der Waals surface area contributed by atoms with Crippen LogP contribution < -0.4 is 5.32 Å². The zero-order valence-electron chi connectivity index (χ0n) is 10.6. The van der Waals surface area contributed by atoms with Crippen molar-refractivity contribution in [1.29, 1.82) is 0 Å². The molecule has 0 aliphatic rings. The van der Waals surface area contributed by atoms with Crippen molar-refractivity contribution in [2.24, 2.45) is 0 Å². The Labute approximate surface area is 103 Å². The van der Waals surface area contributed by atoms with Crippen LogP contribution in [0.1, 0.15) is 38.7 Å². The van der Waals surface area contributed by atoms with Crippen LogP contribution in [0, 0.1) is 0 Å². The van der Waals surface area contributed by atoms with E-state index in [9.17, 15) is 0 Å². The molecular weight excluding hydrogens is 218 g/mol. The van der Waals surface area contributed by atoms with Crippen molar-refractivity contribution in [3.63, 3.8) is 0 Å². The lowest BCUT2D eigenvalue weighted by atomic mass is 10.2. The summed E-state index contributed by atoms with van der Waals surface area (Å²) in [5.41, 5.74) is 0. The predicted octanol–water partition coefficient (Wildman–Crippen LogP) is 3.46. The molecule has 0 saturated carbocycles. The zero-order valence-corrected chi connectivity index (χ0v) is 11.4. The Kier molecular flexibility index (Phi) is 6.65. The summed E-state index contributed by atoms with van der Waals surface area (Å²) >= 11 is 2.00. The zero-order chi connectivity index (χ0) is 11.8.